The summed E-state index contributed by atoms with van der Waals surface area (Å²) in [5.74, 6) is -1.67. The van der Waals surface area contributed by atoms with Gasteiger partial charge in [0.2, 0.25) is 11.8 Å². The molecule has 4 atom stereocenters. The highest BCUT2D eigenvalue weighted by atomic mass is 16.5. The summed E-state index contributed by atoms with van der Waals surface area (Å²) in [4.78, 5) is 35.6. The minimum atomic E-state index is -0.721. The Hall–Kier alpha value is -1.23. The summed E-state index contributed by atoms with van der Waals surface area (Å²) < 4.78 is 5.73. The van der Waals surface area contributed by atoms with E-state index in [1.165, 1.54) is 0 Å². The average Bonchev–Trinajstić information content (AvgIpc) is 2.57. The first-order valence-electron chi connectivity index (χ1n) is 6.10. The van der Waals surface area contributed by atoms with Gasteiger partial charge in [-0.05, 0) is 19.8 Å². The van der Waals surface area contributed by atoms with Gasteiger partial charge < -0.3 is 4.74 Å². The van der Waals surface area contributed by atoms with Gasteiger partial charge in [-0.2, -0.15) is 0 Å². The minimum absolute atomic E-state index is 0.0794. The molecule has 4 rings (SSSR count). The lowest BCUT2D eigenvalue weighted by Crippen LogP contribution is -2.59. The molecule has 5 heteroatoms. The van der Waals surface area contributed by atoms with Crippen LogP contribution in [0.15, 0.2) is 0 Å². The third kappa shape index (κ3) is 1.26. The van der Waals surface area contributed by atoms with Gasteiger partial charge in [0.15, 0.2) is 0 Å². The fourth-order valence-corrected chi connectivity index (χ4v) is 3.80. The van der Waals surface area contributed by atoms with Crippen LogP contribution >= 0.6 is 0 Å². The van der Waals surface area contributed by atoms with Gasteiger partial charge in [0.1, 0.15) is 5.78 Å². The molecule has 0 aromatic heterocycles. The summed E-state index contributed by atoms with van der Waals surface area (Å²) in [6, 6.07) is 0. The lowest BCUT2D eigenvalue weighted by atomic mass is 9.56. The van der Waals surface area contributed by atoms with Gasteiger partial charge in [-0.1, -0.05) is 0 Å². The maximum atomic E-state index is 12.0. The second-order valence-corrected chi connectivity index (χ2v) is 5.14. The number of rotatable bonds is 2. The molecule has 2 amide bonds. The van der Waals surface area contributed by atoms with E-state index in [1.54, 1.807) is 0 Å². The lowest BCUT2D eigenvalue weighted by molar-refractivity contribution is -0.180. The summed E-state index contributed by atoms with van der Waals surface area (Å²) in [5, 5.41) is 2.35. The van der Waals surface area contributed by atoms with Crippen molar-refractivity contribution in [3.8, 4) is 0 Å². The number of fused-ring (bicyclic) bond motifs is 2. The second kappa shape index (κ2) is 3.38. The van der Waals surface area contributed by atoms with Crippen LogP contribution < -0.4 is 5.32 Å². The molecular weight excluding hydrogens is 222 g/mol. The molecule has 2 bridgehead atoms. The number of imide groups is 1. The summed E-state index contributed by atoms with van der Waals surface area (Å²) in [6.07, 6.45) is 1.66. The molecule has 17 heavy (non-hydrogen) atoms. The Balaban J connectivity index is 2.06. The number of carbonyl (C=O) groups is 3. The van der Waals surface area contributed by atoms with Crippen LogP contribution in [-0.2, 0) is 19.1 Å². The van der Waals surface area contributed by atoms with E-state index in [1.807, 2.05) is 6.92 Å². The fraction of sp³-hybridized carbons (Fsp3) is 0.750. The summed E-state index contributed by atoms with van der Waals surface area (Å²) >= 11 is 0. The number of carbonyl (C=O) groups excluding carboxylic acids is 3. The monoisotopic (exact) mass is 237 g/mol. The average molecular weight is 237 g/mol. The number of amides is 2. The van der Waals surface area contributed by atoms with Gasteiger partial charge in [0.25, 0.3) is 0 Å². The van der Waals surface area contributed by atoms with Gasteiger partial charge >= 0.3 is 0 Å². The Kier molecular flexibility index (Phi) is 2.17. The van der Waals surface area contributed by atoms with Crippen LogP contribution in [0.2, 0.25) is 0 Å². The number of hydrogen-bond acceptors (Lipinski definition) is 4. The van der Waals surface area contributed by atoms with Crippen molar-refractivity contribution in [2.75, 3.05) is 6.61 Å². The lowest BCUT2D eigenvalue weighted by Gasteiger charge is -2.50. The van der Waals surface area contributed by atoms with Crippen molar-refractivity contribution in [3.05, 3.63) is 0 Å². The molecule has 1 aliphatic heterocycles. The van der Waals surface area contributed by atoms with Crippen LogP contribution in [0.25, 0.3) is 0 Å². The van der Waals surface area contributed by atoms with Crippen molar-refractivity contribution in [2.45, 2.75) is 31.8 Å². The minimum Gasteiger partial charge on any atom is -0.374 e. The Morgan fingerprint density at radius 1 is 1.35 bits per heavy atom. The summed E-state index contributed by atoms with van der Waals surface area (Å²) in [6.45, 7) is 2.31. The van der Waals surface area contributed by atoms with Crippen LogP contribution in [0, 0.1) is 17.8 Å². The Morgan fingerprint density at radius 2 is 2.12 bits per heavy atom. The largest absolute Gasteiger partial charge is 0.374 e. The zero-order valence-electron chi connectivity index (χ0n) is 9.69. The van der Waals surface area contributed by atoms with Crippen LogP contribution in [0.4, 0.5) is 0 Å². The molecule has 3 aliphatic carbocycles. The van der Waals surface area contributed by atoms with Crippen molar-refractivity contribution in [2.24, 2.45) is 17.8 Å². The molecule has 0 spiro atoms. The third-order valence-corrected chi connectivity index (χ3v) is 4.39. The smallest absolute Gasteiger partial charge is 0.233 e. The van der Waals surface area contributed by atoms with Crippen molar-refractivity contribution in [1.29, 1.82) is 0 Å². The van der Waals surface area contributed by atoms with Gasteiger partial charge in [0, 0.05) is 18.9 Å². The summed E-state index contributed by atoms with van der Waals surface area (Å²) in [7, 11) is 0. The van der Waals surface area contributed by atoms with E-state index < -0.39 is 17.4 Å². The summed E-state index contributed by atoms with van der Waals surface area (Å²) in [5.41, 5.74) is -0.721. The molecule has 4 aliphatic rings. The SMILES string of the molecule is CCOC12CCC(C(=O)C1)C1C(=O)NC(=O)C12. The first kappa shape index (κ1) is 10.9. The zero-order valence-corrected chi connectivity index (χ0v) is 9.69. The molecule has 0 aromatic rings. The molecule has 4 unspecified atom stereocenters. The highest BCUT2D eigenvalue weighted by Crippen LogP contribution is 2.53. The molecular formula is C12H15NO4. The van der Waals surface area contributed by atoms with Gasteiger partial charge in [-0.3, -0.25) is 19.7 Å². The van der Waals surface area contributed by atoms with Crippen LogP contribution in [-0.4, -0.2) is 29.8 Å². The maximum Gasteiger partial charge on any atom is 0.233 e. The van der Waals surface area contributed by atoms with Crippen LogP contribution in [0.3, 0.4) is 0 Å². The van der Waals surface area contributed by atoms with Crippen molar-refractivity contribution in [3.63, 3.8) is 0 Å². The van der Waals surface area contributed by atoms with E-state index in [4.69, 9.17) is 4.74 Å². The molecule has 4 fully saturated rings. The zero-order chi connectivity index (χ0) is 12.2. The quantitative estimate of drug-likeness (QED) is 0.688. The fourth-order valence-electron chi connectivity index (χ4n) is 3.80. The molecule has 5 nitrogen and oxygen atoms in total. The van der Waals surface area contributed by atoms with Crippen molar-refractivity contribution in [1.82, 2.24) is 5.32 Å². The second-order valence-electron chi connectivity index (χ2n) is 5.14. The number of ketones is 1. The highest BCUT2D eigenvalue weighted by molar-refractivity contribution is 6.09. The van der Waals surface area contributed by atoms with Crippen LogP contribution in [0.5, 0.6) is 0 Å². The number of hydrogen-bond donors (Lipinski definition) is 1. The van der Waals surface area contributed by atoms with Crippen molar-refractivity contribution < 1.29 is 19.1 Å². The Morgan fingerprint density at radius 3 is 2.76 bits per heavy atom. The van der Waals surface area contributed by atoms with E-state index in [2.05, 4.69) is 5.32 Å². The highest BCUT2D eigenvalue weighted by Gasteiger charge is 2.65. The maximum absolute atomic E-state index is 12.0. The third-order valence-electron chi connectivity index (χ3n) is 4.39. The normalized spacial score (nSPS) is 43.8. The Labute approximate surface area is 98.9 Å². The number of ether oxygens (including phenoxy) is 1. The van der Waals surface area contributed by atoms with Gasteiger partial charge in [-0.15, -0.1) is 0 Å². The molecule has 92 valence electrons. The molecule has 1 heterocycles. The standard InChI is InChI=1S/C12H15NO4/c1-2-17-12-4-3-6(7(14)5-12)8-9(12)11(16)13-10(8)15/h6,8-9H,2-5H2,1H3,(H,13,15,16). The first-order valence-corrected chi connectivity index (χ1v) is 6.10. The van der Waals surface area contributed by atoms with E-state index in [0.717, 1.165) is 0 Å². The van der Waals surface area contributed by atoms with E-state index in [0.29, 0.717) is 19.4 Å². The van der Waals surface area contributed by atoms with E-state index in [9.17, 15) is 14.4 Å². The molecule has 1 N–H and O–H groups in total. The van der Waals surface area contributed by atoms with Gasteiger partial charge in [0.05, 0.1) is 17.4 Å². The molecule has 3 saturated carbocycles. The predicted octanol–water partition coefficient (Wildman–Crippen LogP) is 0.0333. The predicted molar refractivity (Wildman–Crippen MR) is 56.8 cm³/mol. The number of Topliss-reactive ketones (excluding diaryl/α,β-unsaturated/α-hetero) is 1. The van der Waals surface area contributed by atoms with E-state index in [-0.39, 0.29) is 29.9 Å². The molecule has 0 aromatic carbocycles. The number of nitrogens with one attached hydrogen (secondary N) is 1. The molecule has 1 saturated heterocycles. The first-order chi connectivity index (χ1) is 8.09. The van der Waals surface area contributed by atoms with Gasteiger partial charge in [-0.25, -0.2) is 0 Å². The topological polar surface area (TPSA) is 72.5 Å². The Bertz CT molecular complexity index is 415. The van der Waals surface area contributed by atoms with Crippen molar-refractivity contribution >= 4 is 17.6 Å². The van der Waals surface area contributed by atoms with Crippen LogP contribution in [0.1, 0.15) is 26.2 Å². The molecule has 0 radical (unpaired) electrons. The van der Waals surface area contributed by atoms with E-state index >= 15 is 0 Å².